The van der Waals surface area contributed by atoms with Crippen molar-refractivity contribution in [3.63, 3.8) is 0 Å². The maximum atomic E-state index is 11.7. The molecule has 5 nitrogen and oxygen atoms in total. The Bertz CT molecular complexity index is 487. The minimum atomic E-state index is -0.820. The first-order valence-electron chi connectivity index (χ1n) is 5.14. The van der Waals surface area contributed by atoms with Crippen LogP contribution in [0.5, 0.6) is 0 Å². The number of carbonyl (C=O) groups is 2. The van der Waals surface area contributed by atoms with Gasteiger partial charge in [-0.2, -0.15) is 0 Å². The fourth-order valence-electron chi connectivity index (χ4n) is 1.69. The molecule has 1 N–H and O–H groups in total. The monoisotopic (exact) mass is 297 g/mol. The lowest BCUT2D eigenvalue weighted by Gasteiger charge is -2.27. The number of amides is 3. The lowest BCUT2D eigenvalue weighted by atomic mass is 10.0. The number of pyridine rings is 1. The molecule has 2 heterocycles. The van der Waals surface area contributed by atoms with Gasteiger partial charge in [0.25, 0.3) is 5.91 Å². The smallest absolute Gasteiger partial charge is 0.306 e. The number of rotatable bonds is 2. The third kappa shape index (κ3) is 2.17. The Morgan fingerprint density at radius 2 is 2.12 bits per heavy atom. The first-order valence-corrected chi connectivity index (χ1v) is 5.93. The molecule has 6 heteroatoms. The van der Waals surface area contributed by atoms with Gasteiger partial charge in [0.15, 0.2) is 0 Å². The van der Waals surface area contributed by atoms with Gasteiger partial charge < -0.3 is 4.90 Å². The van der Waals surface area contributed by atoms with Gasteiger partial charge in [0.2, 0.25) is 0 Å². The number of nitrogens with one attached hydrogen (secondary N) is 1. The molecule has 0 aromatic carbocycles. The zero-order valence-corrected chi connectivity index (χ0v) is 11.1. The van der Waals surface area contributed by atoms with Gasteiger partial charge in [-0.3, -0.25) is 15.1 Å². The Labute approximate surface area is 107 Å². The van der Waals surface area contributed by atoms with Crippen LogP contribution in [0, 0.1) is 0 Å². The van der Waals surface area contributed by atoms with E-state index in [4.69, 9.17) is 0 Å². The fourth-order valence-corrected chi connectivity index (χ4v) is 2.10. The van der Waals surface area contributed by atoms with Gasteiger partial charge in [-0.25, -0.2) is 4.79 Å². The van der Waals surface area contributed by atoms with E-state index in [-0.39, 0.29) is 11.9 Å². The molecule has 0 aliphatic carbocycles. The van der Waals surface area contributed by atoms with Crippen molar-refractivity contribution in [2.24, 2.45) is 0 Å². The van der Waals surface area contributed by atoms with E-state index >= 15 is 0 Å². The highest BCUT2D eigenvalue weighted by Crippen LogP contribution is 2.23. The average molecular weight is 298 g/mol. The molecule has 0 spiro atoms. The van der Waals surface area contributed by atoms with E-state index in [1.54, 1.807) is 26.2 Å². The summed E-state index contributed by atoms with van der Waals surface area (Å²) >= 11 is 3.32. The maximum Gasteiger partial charge on any atom is 0.325 e. The van der Waals surface area contributed by atoms with Gasteiger partial charge in [-0.15, -0.1) is 0 Å². The standard InChI is InChI=1S/C11H12BrN3O2/c1-11(2)9(16)14-10(17)15(11)6-7-3-8(12)5-13-4-7/h3-5H,6H2,1-2H3,(H,14,16,17). The molecule has 17 heavy (non-hydrogen) atoms. The molecule has 2 rings (SSSR count). The van der Waals surface area contributed by atoms with Crippen molar-refractivity contribution < 1.29 is 9.59 Å². The Morgan fingerprint density at radius 3 is 2.65 bits per heavy atom. The van der Waals surface area contributed by atoms with Crippen LogP contribution >= 0.6 is 15.9 Å². The van der Waals surface area contributed by atoms with Gasteiger partial charge >= 0.3 is 6.03 Å². The van der Waals surface area contributed by atoms with E-state index in [0.717, 1.165) is 10.0 Å². The maximum absolute atomic E-state index is 11.7. The molecule has 0 atom stereocenters. The van der Waals surface area contributed by atoms with Crippen LogP contribution in [0.15, 0.2) is 22.9 Å². The van der Waals surface area contributed by atoms with Crippen molar-refractivity contribution in [1.29, 1.82) is 0 Å². The number of hydrogen-bond donors (Lipinski definition) is 1. The Hall–Kier alpha value is -1.43. The highest BCUT2D eigenvalue weighted by atomic mass is 79.9. The Balaban J connectivity index is 2.24. The zero-order valence-electron chi connectivity index (χ0n) is 9.53. The minimum Gasteiger partial charge on any atom is -0.306 e. The number of imide groups is 1. The van der Waals surface area contributed by atoms with Crippen LogP contribution in [0.1, 0.15) is 19.4 Å². The molecule has 90 valence electrons. The van der Waals surface area contributed by atoms with Crippen LogP contribution in [0.3, 0.4) is 0 Å². The van der Waals surface area contributed by atoms with E-state index in [9.17, 15) is 9.59 Å². The summed E-state index contributed by atoms with van der Waals surface area (Å²) in [5.74, 6) is -0.273. The van der Waals surface area contributed by atoms with Gasteiger partial charge in [-0.05, 0) is 41.4 Å². The van der Waals surface area contributed by atoms with E-state index in [0.29, 0.717) is 6.54 Å². The molecule has 0 unspecified atom stereocenters. The predicted octanol–water partition coefficient (Wildman–Crippen LogP) is 1.67. The van der Waals surface area contributed by atoms with E-state index in [1.807, 2.05) is 6.07 Å². The molecule has 1 aliphatic heterocycles. The highest BCUT2D eigenvalue weighted by Gasteiger charge is 2.45. The van der Waals surface area contributed by atoms with E-state index < -0.39 is 5.54 Å². The quantitative estimate of drug-likeness (QED) is 0.845. The van der Waals surface area contributed by atoms with Gasteiger partial charge in [0, 0.05) is 16.9 Å². The fraction of sp³-hybridized carbons (Fsp3) is 0.364. The summed E-state index contributed by atoms with van der Waals surface area (Å²) in [6, 6.07) is 1.51. The molecule has 1 fully saturated rings. The van der Waals surface area contributed by atoms with Crippen LogP contribution in [0.2, 0.25) is 0 Å². The SMILES string of the molecule is CC1(C)C(=O)NC(=O)N1Cc1cncc(Br)c1. The van der Waals surface area contributed by atoms with Crippen molar-refractivity contribution in [2.75, 3.05) is 0 Å². The molecule has 1 aromatic heterocycles. The molecule has 3 amide bonds. The Kier molecular flexibility index (Phi) is 2.91. The molecule has 0 radical (unpaired) electrons. The van der Waals surface area contributed by atoms with E-state index in [1.165, 1.54) is 4.90 Å². The van der Waals surface area contributed by atoms with Crippen molar-refractivity contribution in [2.45, 2.75) is 25.9 Å². The second-order valence-electron chi connectivity index (χ2n) is 4.42. The average Bonchev–Trinajstić information content (AvgIpc) is 2.42. The number of urea groups is 1. The van der Waals surface area contributed by atoms with Crippen molar-refractivity contribution in [3.05, 3.63) is 28.5 Å². The third-order valence-corrected chi connectivity index (χ3v) is 3.23. The lowest BCUT2D eigenvalue weighted by molar-refractivity contribution is -0.125. The van der Waals surface area contributed by atoms with Gasteiger partial charge in [0.1, 0.15) is 5.54 Å². The van der Waals surface area contributed by atoms with Crippen LogP contribution in [0.25, 0.3) is 0 Å². The van der Waals surface area contributed by atoms with Crippen LogP contribution < -0.4 is 5.32 Å². The number of hydrogen-bond acceptors (Lipinski definition) is 3. The van der Waals surface area contributed by atoms with Crippen molar-refractivity contribution in [1.82, 2.24) is 15.2 Å². The first kappa shape index (κ1) is 12.0. The molecular weight excluding hydrogens is 286 g/mol. The molecule has 1 aromatic rings. The zero-order chi connectivity index (χ0) is 12.6. The van der Waals surface area contributed by atoms with Crippen LogP contribution in [-0.4, -0.2) is 27.4 Å². The van der Waals surface area contributed by atoms with E-state index in [2.05, 4.69) is 26.2 Å². The molecule has 0 saturated carbocycles. The van der Waals surface area contributed by atoms with Crippen molar-refractivity contribution in [3.8, 4) is 0 Å². The molecule has 1 aliphatic rings. The molecule has 0 bridgehead atoms. The largest absolute Gasteiger partial charge is 0.325 e. The molecule has 1 saturated heterocycles. The van der Waals surface area contributed by atoms with Gasteiger partial charge in [0.05, 0.1) is 6.54 Å². The van der Waals surface area contributed by atoms with Crippen LogP contribution in [0.4, 0.5) is 4.79 Å². The summed E-state index contributed by atoms with van der Waals surface area (Å²) in [6.45, 7) is 3.80. The number of carbonyl (C=O) groups excluding carboxylic acids is 2. The summed E-state index contributed by atoms with van der Waals surface area (Å²) in [4.78, 5) is 28.8. The topological polar surface area (TPSA) is 62.3 Å². The Morgan fingerprint density at radius 1 is 1.41 bits per heavy atom. The molecular formula is C11H12BrN3O2. The second-order valence-corrected chi connectivity index (χ2v) is 5.33. The third-order valence-electron chi connectivity index (χ3n) is 2.80. The normalized spacial score (nSPS) is 18.4. The second kappa shape index (κ2) is 4.10. The highest BCUT2D eigenvalue weighted by molar-refractivity contribution is 9.10. The number of aromatic nitrogens is 1. The predicted molar refractivity (Wildman–Crippen MR) is 65.1 cm³/mol. The summed E-state index contributed by atoms with van der Waals surface area (Å²) in [5.41, 5.74) is 0.0525. The summed E-state index contributed by atoms with van der Waals surface area (Å²) in [6.07, 6.45) is 3.35. The summed E-state index contributed by atoms with van der Waals surface area (Å²) in [7, 11) is 0. The van der Waals surface area contributed by atoms with Crippen LogP contribution in [-0.2, 0) is 11.3 Å². The number of nitrogens with zero attached hydrogens (tertiary/aromatic N) is 2. The minimum absolute atomic E-state index is 0.273. The first-order chi connectivity index (χ1) is 7.91. The lowest BCUT2D eigenvalue weighted by Crippen LogP contribution is -2.43. The van der Waals surface area contributed by atoms with Gasteiger partial charge in [-0.1, -0.05) is 0 Å². The summed E-state index contributed by atoms with van der Waals surface area (Å²) in [5, 5.41) is 2.31. The van der Waals surface area contributed by atoms with Crippen molar-refractivity contribution >= 4 is 27.9 Å². The summed E-state index contributed by atoms with van der Waals surface area (Å²) < 4.78 is 0.846. The number of halogens is 1.